The molecule has 24 heavy (non-hydrogen) atoms. The molecule has 6 heteroatoms. The molecule has 5 nitrogen and oxygen atoms in total. The van der Waals surface area contributed by atoms with Crippen LogP contribution in [0.25, 0.3) is 11.4 Å². The van der Waals surface area contributed by atoms with E-state index in [2.05, 4.69) is 10.1 Å². The minimum absolute atomic E-state index is 0.101. The van der Waals surface area contributed by atoms with Crippen LogP contribution in [-0.4, -0.2) is 28.0 Å². The van der Waals surface area contributed by atoms with E-state index < -0.39 is 0 Å². The van der Waals surface area contributed by atoms with Crippen LogP contribution in [-0.2, 0) is 6.54 Å². The minimum Gasteiger partial charge on any atom is -0.337 e. The van der Waals surface area contributed by atoms with Crippen molar-refractivity contribution in [1.82, 2.24) is 15.0 Å². The maximum atomic E-state index is 12.4. The number of nitrogens with zero attached hydrogens (tertiary/aromatic N) is 3. The molecule has 1 aromatic heterocycles. The number of halogens is 1. The molecule has 0 bridgehead atoms. The monoisotopic (exact) mass is 341 g/mol. The second-order valence-electron chi connectivity index (χ2n) is 5.52. The van der Waals surface area contributed by atoms with E-state index in [9.17, 15) is 4.79 Å². The molecule has 0 aliphatic carbocycles. The number of rotatable bonds is 4. The van der Waals surface area contributed by atoms with Crippen molar-refractivity contribution in [1.29, 1.82) is 0 Å². The average molecular weight is 342 g/mol. The quantitative estimate of drug-likeness (QED) is 0.720. The minimum atomic E-state index is -0.101. The summed E-state index contributed by atoms with van der Waals surface area (Å²) in [6.45, 7) is 2.18. The fraction of sp³-hybridized carbons (Fsp3) is 0.167. The van der Waals surface area contributed by atoms with Gasteiger partial charge in [0.25, 0.3) is 5.91 Å². The van der Waals surface area contributed by atoms with Gasteiger partial charge in [0.2, 0.25) is 11.7 Å². The van der Waals surface area contributed by atoms with Gasteiger partial charge in [-0.3, -0.25) is 4.79 Å². The lowest BCUT2D eigenvalue weighted by Crippen LogP contribution is -2.26. The Hall–Kier alpha value is -2.66. The second kappa shape index (κ2) is 6.84. The lowest BCUT2D eigenvalue weighted by Gasteiger charge is -2.14. The van der Waals surface area contributed by atoms with Gasteiger partial charge in [0, 0.05) is 18.2 Å². The van der Waals surface area contributed by atoms with E-state index in [0.29, 0.717) is 27.9 Å². The standard InChI is InChI=1S/C18H16ClN3O2/c1-12-6-5-7-13(10-12)18(23)22(2)11-16-20-17(21-24-16)14-8-3-4-9-15(14)19/h3-10H,11H2,1-2H3. The molecule has 0 spiro atoms. The van der Waals surface area contributed by atoms with Gasteiger partial charge >= 0.3 is 0 Å². The first-order chi connectivity index (χ1) is 11.5. The molecule has 1 heterocycles. The van der Waals surface area contributed by atoms with Gasteiger partial charge in [-0.25, -0.2) is 0 Å². The number of aromatic nitrogens is 2. The zero-order chi connectivity index (χ0) is 17.1. The van der Waals surface area contributed by atoms with E-state index >= 15 is 0 Å². The van der Waals surface area contributed by atoms with Crippen LogP contribution in [0.3, 0.4) is 0 Å². The number of carbonyl (C=O) groups excluding carboxylic acids is 1. The normalized spacial score (nSPS) is 10.6. The first kappa shape index (κ1) is 16.2. The van der Waals surface area contributed by atoms with Gasteiger partial charge in [-0.15, -0.1) is 0 Å². The molecule has 0 atom stereocenters. The third kappa shape index (κ3) is 3.46. The SMILES string of the molecule is Cc1cccc(C(=O)N(C)Cc2nc(-c3ccccc3Cl)no2)c1. The number of carbonyl (C=O) groups is 1. The summed E-state index contributed by atoms with van der Waals surface area (Å²) in [6.07, 6.45) is 0. The average Bonchev–Trinajstić information content (AvgIpc) is 3.02. The first-order valence-corrected chi connectivity index (χ1v) is 7.82. The Bertz CT molecular complexity index is 876. The number of benzene rings is 2. The van der Waals surface area contributed by atoms with E-state index in [1.54, 1.807) is 24.1 Å². The number of amides is 1. The highest BCUT2D eigenvalue weighted by Gasteiger charge is 2.17. The largest absolute Gasteiger partial charge is 0.337 e. The van der Waals surface area contributed by atoms with Crippen molar-refractivity contribution in [2.75, 3.05) is 7.05 Å². The lowest BCUT2D eigenvalue weighted by atomic mass is 10.1. The fourth-order valence-corrected chi connectivity index (χ4v) is 2.56. The second-order valence-corrected chi connectivity index (χ2v) is 5.93. The Morgan fingerprint density at radius 2 is 2.00 bits per heavy atom. The maximum Gasteiger partial charge on any atom is 0.254 e. The van der Waals surface area contributed by atoms with E-state index in [1.165, 1.54) is 0 Å². The molecule has 0 aliphatic rings. The summed E-state index contributed by atoms with van der Waals surface area (Å²) in [4.78, 5) is 18.3. The molecule has 0 N–H and O–H groups in total. The molecule has 2 aromatic carbocycles. The van der Waals surface area contributed by atoms with Crippen LogP contribution < -0.4 is 0 Å². The third-order valence-corrected chi connectivity index (χ3v) is 3.90. The molecule has 3 aromatic rings. The Balaban J connectivity index is 1.75. The van der Waals surface area contributed by atoms with Gasteiger partial charge < -0.3 is 9.42 Å². The summed E-state index contributed by atoms with van der Waals surface area (Å²) in [5.74, 6) is 0.664. The zero-order valence-electron chi connectivity index (χ0n) is 13.4. The van der Waals surface area contributed by atoms with E-state index in [-0.39, 0.29) is 12.5 Å². The Kier molecular flexibility index (Phi) is 4.62. The summed E-state index contributed by atoms with van der Waals surface area (Å²) < 4.78 is 5.24. The molecule has 0 saturated carbocycles. The predicted octanol–water partition coefficient (Wildman–Crippen LogP) is 3.97. The third-order valence-electron chi connectivity index (χ3n) is 3.57. The van der Waals surface area contributed by atoms with Gasteiger partial charge in [0.1, 0.15) is 0 Å². The Morgan fingerprint density at radius 3 is 2.75 bits per heavy atom. The van der Waals surface area contributed by atoms with Crippen LogP contribution in [0, 0.1) is 6.92 Å². The first-order valence-electron chi connectivity index (χ1n) is 7.44. The summed E-state index contributed by atoms with van der Waals surface area (Å²) in [5, 5.41) is 4.49. The fourth-order valence-electron chi connectivity index (χ4n) is 2.34. The Labute approximate surface area is 144 Å². The number of hydrogen-bond acceptors (Lipinski definition) is 4. The molecule has 0 radical (unpaired) electrons. The van der Waals surface area contributed by atoms with Crippen LogP contribution >= 0.6 is 11.6 Å². The van der Waals surface area contributed by atoms with Crippen molar-refractivity contribution in [3.05, 3.63) is 70.6 Å². The molecule has 0 fully saturated rings. The highest BCUT2D eigenvalue weighted by atomic mass is 35.5. The van der Waals surface area contributed by atoms with Gasteiger partial charge in [-0.2, -0.15) is 4.98 Å². The molecule has 0 saturated heterocycles. The van der Waals surface area contributed by atoms with E-state index in [1.807, 2.05) is 43.3 Å². The van der Waals surface area contributed by atoms with Crippen molar-refractivity contribution in [3.63, 3.8) is 0 Å². The Morgan fingerprint density at radius 1 is 1.21 bits per heavy atom. The van der Waals surface area contributed by atoms with E-state index in [0.717, 1.165) is 5.56 Å². The molecule has 3 rings (SSSR count). The molecule has 0 aliphatic heterocycles. The zero-order valence-corrected chi connectivity index (χ0v) is 14.1. The molecular weight excluding hydrogens is 326 g/mol. The van der Waals surface area contributed by atoms with Crippen LogP contribution in [0.2, 0.25) is 5.02 Å². The van der Waals surface area contributed by atoms with Gasteiger partial charge in [-0.05, 0) is 31.2 Å². The molecule has 1 amide bonds. The van der Waals surface area contributed by atoms with Crippen LogP contribution in [0.15, 0.2) is 53.1 Å². The van der Waals surface area contributed by atoms with E-state index in [4.69, 9.17) is 16.1 Å². The molecule has 0 unspecified atom stereocenters. The number of aryl methyl sites for hydroxylation is 1. The van der Waals surface area contributed by atoms with Crippen LogP contribution in [0.1, 0.15) is 21.8 Å². The van der Waals surface area contributed by atoms with Crippen LogP contribution in [0.5, 0.6) is 0 Å². The lowest BCUT2D eigenvalue weighted by molar-refractivity contribution is 0.0769. The summed E-state index contributed by atoms with van der Waals surface area (Å²) >= 11 is 6.13. The molecule has 122 valence electrons. The van der Waals surface area contributed by atoms with Crippen molar-refractivity contribution in [2.45, 2.75) is 13.5 Å². The van der Waals surface area contributed by atoms with Crippen LogP contribution in [0.4, 0.5) is 0 Å². The van der Waals surface area contributed by atoms with Gasteiger partial charge in [-0.1, -0.05) is 46.6 Å². The summed E-state index contributed by atoms with van der Waals surface area (Å²) in [6, 6.07) is 14.7. The highest BCUT2D eigenvalue weighted by molar-refractivity contribution is 6.33. The number of hydrogen-bond donors (Lipinski definition) is 0. The topological polar surface area (TPSA) is 59.2 Å². The smallest absolute Gasteiger partial charge is 0.254 e. The van der Waals surface area contributed by atoms with Crippen molar-refractivity contribution in [2.24, 2.45) is 0 Å². The maximum absolute atomic E-state index is 12.4. The summed E-state index contributed by atoms with van der Waals surface area (Å²) in [7, 11) is 1.70. The predicted molar refractivity (Wildman–Crippen MR) is 91.7 cm³/mol. The molecular formula is C18H16ClN3O2. The van der Waals surface area contributed by atoms with Crippen molar-refractivity contribution in [3.8, 4) is 11.4 Å². The van der Waals surface area contributed by atoms with Gasteiger partial charge in [0.05, 0.1) is 11.6 Å². The van der Waals surface area contributed by atoms with Crippen molar-refractivity contribution >= 4 is 17.5 Å². The van der Waals surface area contributed by atoms with Crippen molar-refractivity contribution < 1.29 is 9.32 Å². The summed E-state index contributed by atoms with van der Waals surface area (Å²) in [5.41, 5.74) is 2.36. The highest BCUT2D eigenvalue weighted by Crippen LogP contribution is 2.25. The van der Waals surface area contributed by atoms with Gasteiger partial charge in [0.15, 0.2) is 0 Å².